The SMILES string of the molecule is CC(C)Oc1ccc(-c2ccnc(CS)n2)cc1. The van der Waals surface area contributed by atoms with Crippen molar-refractivity contribution >= 4 is 12.6 Å². The van der Waals surface area contributed by atoms with Crippen LogP contribution in [0.3, 0.4) is 0 Å². The highest BCUT2D eigenvalue weighted by Gasteiger charge is 2.02. The lowest BCUT2D eigenvalue weighted by molar-refractivity contribution is 0.242. The van der Waals surface area contributed by atoms with Crippen molar-refractivity contribution in [3.8, 4) is 17.0 Å². The third-order valence-corrected chi connectivity index (χ3v) is 2.65. The van der Waals surface area contributed by atoms with Gasteiger partial charge in [0.15, 0.2) is 0 Å². The van der Waals surface area contributed by atoms with E-state index in [4.69, 9.17) is 4.74 Å². The van der Waals surface area contributed by atoms with E-state index < -0.39 is 0 Å². The molecule has 94 valence electrons. The second-order valence-electron chi connectivity index (χ2n) is 4.21. The van der Waals surface area contributed by atoms with E-state index in [0.29, 0.717) is 5.75 Å². The van der Waals surface area contributed by atoms with Gasteiger partial charge in [-0.2, -0.15) is 12.6 Å². The van der Waals surface area contributed by atoms with Crippen molar-refractivity contribution in [1.29, 1.82) is 0 Å². The van der Waals surface area contributed by atoms with Crippen molar-refractivity contribution in [3.63, 3.8) is 0 Å². The van der Waals surface area contributed by atoms with Crippen LogP contribution in [0.1, 0.15) is 19.7 Å². The molecule has 0 atom stereocenters. The predicted molar refractivity (Wildman–Crippen MR) is 75.9 cm³/mol. The normalized spacial score (nSPS) is 10.7. The van der Waals surface area contributed by atoms with Crippen molar-refractivity contribution < 1.29 is 4.74 Å². The molecule has 0 amide bonds. The average Bonchev–Trinajstić information content (AvgIpc) is 2.39. The lowest BCUT2D eigenvalue weighted by atomic mass is 10.1. The van der Waals surface area contributed by atoms with Gasteiger partial charge in [0.1, 0.15) is 11.6 Å². The van der Waals surface area contributed by atoms with Crippen molar-refractivity contribution in [2.75, 3.05) is 0 Å². The summed E-state index contributed by atoms with van der Waals surface area (Å²) in [5.74, 6) is 2.15. The van der Waals surface area contributed by atoms with E-state index in [0.717, 1.165) is 22.8 Å². The highest BCUT2D eigenvalue weighted by Crippen LogP contribution is 2.21. The summed E-state index contributed by atoms with van der Waals surface area (Å²) in [6.07, 6.45) is 1.94. The summed E-state index contributed by atoms with van der Waals surface area (Å²) in [7, 11) is 0. The van der Waals surface area contributed by atoms with E-state index in [1.165, 1.54) is 0 Å². The number of rotatable bonds is 4. The molecular formula is C14H16N2OS. The van der Waals surface area contributed by atoms with Crippen molar-refractivity contribution in [2.24, 2.45) is 0 Å². The molecule has 1 aromatic heterocycles. The third-order valence-electron chi connectivity index (χ3n) is 2.37. The maximum absolute atomic E-state index is 5.60. The number of aromatic nitrogens is 2. The summed E-state index contributed by atoms with van der Waals surface area (Å²) in [6.45, 7) is 4.02. The Balaban J connectivity index is 2.22. The first-order valence-electron chi connectivity index (χ1n) is 5.89. The lowest BCUT2D eigenvalue weighted by Gasteiger charge is -2.10. The quantitative estimate of drug-likeness (QED) is 0.856. The molecule has 0 saturated heterocycles. The minimum atomic E-state index is 0.186. The molecule has 1 aromatic carbocycles. The zero-order valence-corrected chi connectivity index (χ0v) is 11.4. The van der Waals surface area contributed by atoms with E-state index in [1.807, 2.05) is 44.2 Å². The zero-order valence-electron chi connectivity index (χ0n) is 10.5. The van der Waals surface area contributed by atoms with E-state index in [1.54, 1.807) is 6.20 Å². The molecule has 18 heavy (non-hydrogen) atoms. The van der Waals surface area contributed by atoms with Crippen LogP contribution in [0.15, 0.2) is 36.5 Å². The van der Waals surface area contributed by atoms with Gasteiger partial charge >= 0.3 is 0 Å². The molecule has 0 saturated carbocycles. The van der Waals surface area contributed by atoms with Gasteiger partial charge in [-0.3, -0.25) is 0 Å². The highest BCUT2D eigenvalue weighted by molar-refractivity contribution is 7.79. The highest BCUT2D eigenvalue weighted by atomic mass is 32.1. The first-order chi connectivity index (χ1) is 8.69. The van der Waals surface area contributed by atoms with E-state index in [-0.39, 0.29) is 6.10 Å². The van der Waals surface area contributed by atoms with Gasteiger partial charge in [0, 0.05) is 11.8 Å². The van der Waals surface area contributed by atoms with Crippen molar-refractivity contribution in [1.82, 2.24) is 9.97 Å². The van der Waals surface area contributed by atoms with Gasteiger partial charge in [-0.05, 0) is 44.2 Å². The molecule has 0 spiro atoms. The van der Waals surface area contributed by atoms with Crippen LogP contribution in [0.25, 0.3) is 11.3 Å². The monoisotopic (exact) mass is 260 g/mol. The molecule has 1 heterocycles. The molecule has 3 nitrogen and oxygen atoms in total. The zero-order chi connectivity index (χ0) is 13.0. The van der Waals surface area contributed by atoms with Crippen LogP contribution >= 0.6 is 12.6 Å². The molecule has 0 N–H and O–H groups in total. The van der Waals surface area contributed by atoms with Crippen LogP contribution in [-0.2, 0) is 5.75 Å². The Labute approximate surface area is 113 Å². The number of benzene rings is 1. The van der Waals surface area contributed by atoms with Crippen LogP contribution < -0.4 is 4.74 Å². The summed E-state index contributed by atoms with van der Waals surface area (Å²) in [5.41, 5.74) is 1.96. The van der Waals surface area contributed by atoms with E-state index >= 15 is 0 Å². The van der Waals surface area contributed by atoms with Crippen molar-refractivity contribution in [3.05, 3.63) is 42.4 Å². The summed E-state index contributed by atoms with van der Waals surface area (Å²) >= 11 is 4.18. The molecule has 0 unspecified atom stereocenters. The fraction of sp³-hybridized carbons (Fsp3) is 0.286. The second kappa shape index (κ2) is 5.87. The smallest absolute Gasteiger partial charge is 0.138 e. The summed E-state index contributed by atoms with van der Waals surface area (Å²) < 4.78 is 5.60. The number of hydrogen-bond acceptors (Lipinski definition) is 4. The standard InChI is InChI=1S/C14H16N2OS/c1-10(2)17-12-5-3-11(4-6-12)13-7-8-15-14(9-18)16-13/h3-8,10,18H,9H2,1-2H3. The molecule has 2 rings (SSSR count). The fourth-order valence-corrected chi connectivity index (χ4v) is 1.76. The van der Waals surface area contributed by atoms with Crippen molar-refractivity contribution in [2.45, 2.75) is 25.7 Å². The lowest BCUT2D eigenvalue weighted by Crippen LogP contribution is -2.05. The summed E-state index contributed by atoms with van der Waals surface area (Å²) in [6, 6.07) is 9.81. The molecule has 0 aliphatic rings. The van der Waals surface area contributed by atoms with Gasteiger partial charge < -0.3 is 4.74 Å². The molecule has 0 fully saturated rings. The molecule has 0 radical (unpaired) electrons. The first kappa shape index (κ1) is 12.9. The summed E-state index contributed by atoms with van der Waals surface area (Å²) in [5, 5.41) is 0. The van der Waals surface area contributed by atoms with Gasteiger partial charge in [-0.15, -0.1) is 0 Å². The Bertz CT molecular complexity index is 511. The van der Waals surface area contributed by atoms with Crippen LogP contribution in [0.4, 0.5) is 0 Å². The maximum atomic E-state index is 5.60. The van der Waals surface area contributed by atoms with Crippen LogP contribution in [0.5, 0.6) is 5.75 Å². The molecule has 0 bridgehead atoms. The Kier molecular flexibility index (Phi) is 4.20. The molecule has 0 aliphatic heterocycles. The minimum absolute atomic E-state index is 0.186. The number of nitrogens with zero attached hydrogens (tertiary/aromatic N) is 2. The average molecular weight is 260 g/mol. The molecule has 0 aliphatic carbocycles. The van der Waals surface area contributed by atoms with Gasteiger partial charge in [0.25, 0.3) is 0 Å². The molecule has 2 aromatic rings. The Morgan fingerprint density at radius 3 is 2.50 bits per heavy atom. The second-order valence-corrected chi connectivity index (χ2v) is 4.52. The van der Waals surface area contributed by atoms with E-state index in [9.17, 15) is 0 Å². The summed E-state index contributed by atoms with van der Waals surface area (Å²) in [4.78, 5) is 8.55. The van der Waals surface area contributed by atoms with Crippen LogP contribution in [0.2, 0.25) is 0 Å². The maximum Gasteiger partial charge on any atom is 0.138 e. The number of thiol groups is 1. The Morgan fingerprint density at radius 2 is 1.89 bits per heavy atom. The predicted octanol–water partition coefficient (Wildman–Crippen LogP) is 3.36. The number of hydrogen-bond donors (Lipinski definition) is 1. The van der Waals surface area contributed by atoms with Crippen LogP contribution in [0, 0.1) is 0 Å². The third kappa shape index (κ3) is 3.23. The van der Waals surface area contributed by atoms with Gasteiger partial charge in [0.2, 0.25) is 0 Å². The molecular weight excluding hydrogens is 244 g/mol. The largest absolute Gasteiger partial charge is 0.491 e. The minimum Gasteiger partial charge on any atom is -0.491 e. The van der Waals surface area contributed by atoms with Gasteiger partial charge in [-0.1, -0.05) is 0 Å². The van der Waals surface area contributed by atoms with E-state index in [2.05, 4.69) is 22.6 Å². The topological polar surface area (TPSA) is 35.0 Å². The fourth-order valence-electron chi connectivity index (χ4n) is 1.61. The van der Waals surface area contributed by atoms with Crippen LogP contribution in [-0.4, -0.2) is 16.1 Å². The van der Waals surface area contributed by atoms with Gasteiger partial charge in [0.05, 0.1) is 17.6 Å². The molecule has 4 heteroatoms. The first-order valence-corrected chi connectivity index (χ1v) is 6.52. The Hall–Kier alpha value is -1.55. The Morgan fingerprint density at radius 1 is 1.17 bits per heavy atom. The number of ether oxygens (including phenoxy) is 1. The van der Waals surface area contributed by atoms with Gasteiger partial charge in [-0.25, -0.2) is 9.97 Å².